The Balaban J connectivity index is 1.18. The first-order valence-corrected chi connectivity index (χ1v) is 22.3. The number of benzene rings is 2. The van der Waals surface area contributed by atoms with Gasteiger partial charge in [0.25, 0.3) is 0 Å². The molecule has 1 atom stereocenters. The van der Waals surface area contributed by atoms with E-state index in [1.807, 2.05) is 55.3 Å². The van der Waals surface area contributed by atoms with Gasteiger partial charge in [0.05, 0.1) is 36.2 Å². The quantitative estimate of drug-likeness (QED) is 0.0917. The summed E-state index contributed by atoms with van der Waals surface area (Å²) in [6.07, 6.45) is 2.72. The number of hydrogen-bond acceptors (Lipinski definition) is 11. The van der Waals surface area contributed by atoms with Gasteiger partial charge in [0, 0.05) is 64.9 Å². The number of rotatable bonds is 15. The third kappa shape index (κ3) is 9.68. The van der Waals surface area contributed by atoms with Gasteiger partial charge in [0.15, 0.2) is 0 Å². The molecule has 1 saturated heterocycles. The summed E-state index contributed by atoms with van der Waals surface area (Å²) in [7, 11) is 2.92. The van der Waals surface area contributed by atoms with Gasteiger partial charge in [0.2, 0.25) is 0 Å². The van der Waals surface area contributed by atoms with Crippen LogP contribution in [-0.4, -0.2) is 116 Å². The highest BCUT2D eigenvalue weighted by molar-refractivity contribution is 6.76. The van der Waals surface area contributed by atoms with Gasteiger partial charge in [0.1, 0.15) is 25.3 Å². The molecule has 13 heteroatoms. The molecule has 0 saturated carbocycles. The molecule has 2 aliphatic heterocycles. The van der Waals surface area contributed by atoms with E-state index in [0.717, 1.165) is 86.3 Å². The van der Waals surface area contributed by atoms with Gasteiger partial charge >= 0.3 is 12.0 Å². The van der Waals surface area contributed by atoms with Crippen LogP contribution in [0.2, 0.25) is 25.7 Å². The first-order valence-electron chi connectivity index (χ1n) is 18.6. The number of fused-ring (bicyclic) bond motifs is 2. The molecule has 0 N–H and O–H groups in total. The molecule has 0 amide bonds. The van der Waals surface area contributed by atoms with Crippen molar-refractivity contribution in [2.75, 3.05) is 76.3 Å². The molecule has 4 heterocycles. The Kier molecular flexibility index (Phi) is 12.1. The van der Waals surface area contributed by atoms with Crippen LogP contribution in [0.15, 0.2) is 48.7 Å². The average Bonchev–Trinajstić information content (AvgIpc) is 3.51. The fourth-order valence-corrected chi connectivity index (χ4v) is 7.77. The number of likely N-dealkylation sites (N-methyl/N-ethyl adjacent to an activating group) is 1. The Morgan fingerprint density at radius 2 is 1.75 bits per heavy atom. The highest BCUT2D eigenvalue weighted by atomic mass is 28.3. The molecule has 12 nitrogen and oxygen atoms in total. The number of aryl methyl sites for hydroxylation is 1. The van der Waals surface area contributed by atoms with Crippen molar-refractivity contribution >= 4 is 36.5 Å². The number of ether oxygens (including phenoxy) is 3. The number of aromatic nitrogens is 4. The van der Waals surface area contributed by atoms with E-state index >= 15 is 0 Å². The summed E-state index contributed by atoms with van der Waals surface area (Å²) < 4.78 is 20.0. The molecule has 0 radical (unpaired) electrons. The van der Waals surface area contributed by atoms with Crippen molar-refractivity contribution < 1.29 is 19.0 Å². The van der Waals surface area contributed by atoms with Gasteiger partial charge in [-0.15, -0.1) is 0 Å². The van der Waals surface area contributed by atoms with Crippen molar-refractivity contribution in [1.82, 2.24) is 29.5 Å². The van der Waals surface area contributed by atoms with Gasteiger partial charge in [-0.1, -0.05) is 56.0 Å². The summed E-state index contributed by atoms with van der Waals surface area (Å²) in [6.45, 7) is 18.3. The maximum Gasteiger partial charge on any atom is 0.320 e. The summed E-state index contributed by atoms with van der Waals surface area (Å²) in [4.78, 5) is 31.8. The van der Waals surface area contributed by atoms with Crippen LogP contribution in [0.1, 0.15) is 29.3 Å². The van der Waals surface area contributed by atoms with Crippen LogP contribution in [0.3, 0.4) is 0 Å². The lowest BCUT2D eigenvalue weighted by Gasteiger charge is -2.38. The second-order valence-corrected chi connectivity index (χ2v) is 21.3. The number of carbonyl (C=O) groups excluding carboxylic acids is 1. The van der Waals surface area contributed by atoms with Crippen molar-refractivity contribution in [3.63, 3.8) is 0 Å². The summed E-state index contributed by atoms with van der Waals surface area (Å²) in [6, 6.07) is 15.7. The minimum atomic E-state index is -1.16. The normalized spacial score (nSPS) is 16.0. The summed E-state index contributed by atoms with van der Waals surface area (Å²) in [5.41, 5.74) is 6.63. The number of anilines is 2. The Morgan fingerprint density at radius 3 is 2.48 bits per heavy atom. The van der Waals surface area contributed by atoms with Crippen molar-refractivity contribution in [2.45, 2.75) is 71.9 Å². The van der Waals surface area contributed by atoms with E-state index in [4.69, 9.17) is 29.3 Å². The molecule has 6 rings (SSSR count). The average molecular weight is 729 g/mol. The highest BCUT2D eigenvalue weighted by Crippen LogP contribution is 2.36. The second-order valence-electron chi connectivity index (χ2n) is 15.7. The molecule has 2 aromatic heterocycles. The minimum Gasteiger partial charge on any atom is -0.460 e. The van der Waals surface area contributed by atoms with Crippen molar-refractivity contribution in [1.29, 1.82) is 0 Å². The molecule has 52 heavy (non-hydrogen) atoms. The van der Waals surface area contributed by atoms with E-state index in [0.29, 0.717) is 25.9 Å². The summed E-state index contributed by atoms with van der Waals surface area (Å²) in [5.74, 6) is 0.744. The number of carbonyl (C=O) groups is 1. The number of esters is 1. The van der Waals surface area contributed by atoms with E-state index in [2.05, 4.69) is 65.2 Å². The Morgan fingerprint density at radius 1 is 0.981 bits per heavy atom. The van der Waals surface area contributed by atoms with Crippen LogP contribution in [0, 0.1) is 6.92 Å². The van der Waals surface area contributed by atoms with Crippen LogP contribution < -0.4 is 14.5 Å². The molecule has 0 spiro atoms. The molecule has 2 aliphatic rings. The Bertz CT molecular complexity index is 1800. The van der Waals surface area contributed by atoms with E-state index in [9.17, 15) is 4.79 Å². The first-order chi connectivity index (χ1) is 24.9. The lowest BCUT2D eigenvalue weighted by Crippen LogP contribution is -2.49. The van der Waals surface area contributed by atoms with Crippen LogP contribution in [-0.2, 0) is 40.6 Å². The van der Waals surface area contributed by atoms with Crippen molar-refractivity contribution in [3.8, 4) is 6.01 Å². The maximum absolute atomic E-state index is 12.7. The second kappa shape index (κ2) is 16.7. The number of hydrogen-bond donors (Lipinski definition) is 0. The van der Waals surface area contributed by atoms with E-state index in [1.165, 1.54) is 16.8 Å². The zero-order valence-corrected chi connectivity index (χ0v) is 33.1. The van der Waals surface area contributed by atoms with Crippen LogP contribution in [0.25, 0.3) is 10.9 Å². The topological polar surface area (TPSA) is 101 Å². The minimum absolute atomic E-state index is 0.0749. The number of piperazine rings is 1. The Labute approximate surface area is 309 Å². The lowest BCUT2D eigenvalue weighted by molar-refractivity contribution is -0.146. The smallest absolute Gasteiger partial charge is 0.320 e. The molecule has 0 bridgehead atoms. The predicted octanol–water partition coefficient (Wildman–Crippen LogP) is 5.20. The van der Waals surface area contributed by atoms with Gasteiger partial charge in [-0.05, 0) is 57.6 Å². The fraction of sp³-hybridized carbons (Fsp3) is 0.538. The van der Waals surface area contributed by atoms with Gasteiger partial charge in [-0.3, -0.25) is 9.69 Å². The van der Waals surface area contributed by atoms with Crippen LogP contribution in [0.5, 0.6) is 6.01 Å². The van der Waals surface area contributed by atoms with Gasteiger partial charge in [-0.25, -0.2) is 4.68 Å². The van der Waals surface area contributed by atoms with E-state index < -0.39 is 8.07 Å². The summed E-state index contributed by atoms with van der Waals surface area (Å²) in [5, 5.41) is 5.88. The monoisotopic (exact) mass is 728 g/mol. The third-order valence-corrected chi connectivity index (χ3v) is 11.4. The molecular weight excluding hydrogens is 673 g/mol. The lowest BCUT2D eigenvalue weighted by atomic mass is 10.0. The Hall–Kier alpha value is -4.04. The molecule has 280 valence electrons. The zero-order valence-electron chi connectivity index (χ0n) is 32.1. The molecule has 4 aromatic rings. The number of nitrogens with zero attached hydrogens (tertiary/aromatic N) is 8. The van der Waals surface area contributed by atoms with E-state index in [1.54, 1.807) is 0 Å². The molecule has 0 unspecified atom stereocenters. The van der Waals surface area contributed by atoms with Crippen LogP contribution in [0.4, 0.5) is 11.5 Å². The van der Waals surface area contributed by atoms with Gasteiger partial charge < -0.3 is 28.9 Å². The highest BCUT2D eigenvalue weighted by Gasteiger charge is 2.30. The van der Waals surface area contributed by atoms with Crippen molar-refractivity contribution in [2.24, 2.45) is 0 Å². The first kappa shape index (κ1) is 37.7. The molecular formula is C39H56N8O4Si. The zero-order chi connectivity index (χ0) is 36.8. The van der Waals surface area contributed by atoms with Crippen molar-refractivity contribution in [3.05, 3.63) is 71.0 Å². The predicted molar refractivity (Wildman–Crippen MR) is 209 cm³/mol. The van der Waals surface area contributed by atoms with Crippen LogP contribution >= 0.6 is 0 Å². The molecule has 2 aromatic carbocycles. The summed E-state index contributed by atoms with van der Waals surface area (Å²) >= 11 is 0. The van der Waals surface area contributed by atoms with Gasteiger partial charge in [-0.2, -0.15) is 15.1 Å². The maximum atomic E-state index is 12.7. The van der Waals surface area contributed by atoms with E-state index in [-0.39, 0.29) is 18.6 Å². The largest absolute Gasteiger partial charge is 0.460 e. The molecule has 0 aliphatic carbocycles. The standard InChI is InChI=1S/C39H56N8O4Si/c1-29-13-14-35-33(23-40-47(35)28-49-21-22-52(5,6)7)37(29)46-16-15-32-34(25-46)41-39(51-30(2)24-43(3)4)42-38(32)45-19-17-44(18-20-45)26-36(48)50-27-31-11-9-8-10-12-31/h8-14,23,30H,15-22,24-28H2,1-7H3/t30-/m1/s1. The molecule has 1 fully saturated rings. The third-order valence-electron chi connectivity index (χ3n) is 9.75. The SMILES string of the molecule is Cc1ccc2c(cnn2COCC[Si](C)(C)C)c1N1CCc2c(nc(O[C@H](C)CN(C)C)nc2N2CCN(CC(=O)OCc3ccccc3)CC2)C1. The fourth-order valence-electron chi connectivity index (χ4n) is 7.01.